The second kappa shape index (κ2) is 10.4. The summed E-state index contributed by atoms with van der Waals surface area (Å²) in [5.74, 6) is 0. The Kier molecular flexibility index (Phi) is 8.18. The second-order valence-electron chi connectivity index (χ2n) is 6.46. The number of benzene rings is 1. The fraction of sp³-hybridized carbons (Fsp3) is 0.632. The lowest BCUT2D eigenvalue weighted by Crippen LogP contribution is -2.61. The van der Waals surface area contributed by atoms with Crippen molar-refractivity contribution in [2.75, 3.05) is 40.0 Å². The highest BCUT2D eigenvalue weighted by Crippen LogP contribution is 2.19. The number of hydrogen-bond acceptors (Lipinski definition) is 5. The highest BCUT2D eigenvalue weighted by atomic mass is 16.5. The van der Waals surface area contributed by atoms with E-state index in [1.165, 1.54) is 12.7 Å². The highest BCUT2D eigenvalue weighted by Gasteiger charge is 2.36. The third-order valence-electron chi connectivity index (χ3n) is 4.61. The highest BCUT2D eigenvalue weighted by molar-refractivity contribution is 5.68. The molecule has 0 aliphatic carbocycles. The molecule has 6 nitrogen and oxygen atoms in total. The van der Waals surface area contributed by atoms with E-state index in [-0.39, 0.29) is 24.8 Å². The van der Waals surface area contributed by atoms with Gasteiger partial charge in [0.25, 0.3) is 0 Å². The minimum absolute atomic E-state index is 0.00371. The summed E-state index contributed by atoms with van der Waals surface area (Å²) in [6.07, 6.45) is 1.73. The van der Waals surface area contributed by atoms with Crippen LogP contribution in [0.15, 0.2) is 30.3 Å². The van der Waals surface area contributed by atoms with E-state index in [1.54, 1.807) is 4.90 Å². The summed E-state index contributed by atoms with van der Waals surface area (Å²) in [6.45, 7) is 5.15. The Bertz CT molecular complexity index is 511. The zero-order valence-electron chi connectivity index (χ0n) is 15.3. The fourth-order valence-electron chi connectivity index (χ4n) is 3.14. The summed E-state index contributed by atoms with van der Waals surface area (Å²) >= 11 is 0. The number of ether oxygens (including phenoxy) is 2. The van der Waals surface area contributed by atoms with Gasteiger partial charge in [-0.15, -0.1) is 0 Å². The Labute approximate surface area is 150 Å². The lowest BCUT2D eigenvalue weighted by molar-refractivity contribution is -0.0283. The molecule has 140 valence electrons. The molecule has 2 rings (SSSR count). The van der Waals surface area contributed by atoms with Crippen molar-refractivity contribution in [2.45, 2.75) is 38.4 Å². The summed E-state index contributed by atoms with van der Waals surface area (Å²) in [5.41, 5.74) is 1.19. The summed E-state index contributed by atoms with van der Waals surface area (Å²) < 4.78 is 10.7. The van der Waals surface area contributed by atoms with E-state index in [0.29, 0.717) is 26.3 Å². The molecule has 0 bridgehead atoms. The third kappa shape index (κ3) is 5.70. The van der Waals surface area contributed by atoms with Gasteiger partial charge in [0.15, 0.2) is 0 Å². The van der Waals surface area contributed by atoms with E-state index in [2.05, 4.69) is 24.0 Å². The molecule has 1 aromatic rings. The monoisotopic (exact) mass is 350 g/mol. The standard InChI is InChI=1S/C19H30N2O4/c1-3-4-10-25-15-18-12-20(11-16-8-6-5-7-9-16)17(14-22)13-21(18)19(23)24-2/h5-9,17-18,22H,3-4,10-15H2,1-2H3/t17-,18-/m0/s1. The first kappa shape index (κ1) is 19.7. The molecule has 0 unspecified atom stereocenters. The third-order valence-corrected chi connectivity index (χ3v) is 4.61. The molecule has 1 amide bonds. The first-order chi connectivity index (χ1) is 12.2. The number of carbonyl (C=O) groups excluding carboxylic acids is 1. The molecule has 0 radical (unpaired) electrons. The van der Waals surface area contributed by atoms with Crippen molar-refractivity contribution in [3.63, 3.8) is 0 Å². The molecule has 0 saturated carbocycles. The van der Waals surface area contributed by atoms with Crippen LogP contribution in [-0.2, 0) is 16.0 Å². The Balaban J connectivity index is 2.05. The molecule has 6 heteroatoms. The zero-order chi connectivity index (χ0) is 18.1. The van der Waals surface area contributed by atoms with Gasteiger partial charge in [-0.25, -0.2) is 4.79 Å². The predicted molar refractivity (Wildman–Crippen MR) is 96.4 cm³/mol. The van der Waals surface area contributed by atoms with Crippen molar-refractivity contribution in [2.24, 2.45) is 0 Å². The van der Waals surface area contributed by atoms with Crippen LogP contribution in [0.4, 0.5) is 4.79 Å². The Morgan fingerprint density at radius 2 is 2.00 bits per heavy atom. The van der Waals surface area contributed by atoms with E-state index in [4.69, 9.17) is 9.47 Å². The summed E-state index contributed by atoms with van der Waals surface area (Å²) in [4.78, 5) is 16.1. The van der Waals surface area contributed by atoms with E-state index in [9.17, 15) is 9.90 Å². The number of nitrogens with zero attached hydrogens (tertiary/aromatic N) is 2. The van der Waals surface area contributed by atoms with Gasteiger partial charge in [-0.05, 0) is 12.0 Å². The topological polar surface area (TPSA) is 62.2 Å². The van der Waals surface area contributed by atoms with Crippen molar-refractivity contribution in [1.82, 2.24) is 9.80 Å². The lowest BCUT2D eigenvalue weighted by Gasteiger charge is -2.45. The van der Waals surface area contributed by atoms with Gasteiger partial charge in [0.1, 0.15) is 0 Å². The molecular weight excluding hydrogens is 320 g/mol. The molecule has 25 heavy (non-hydrogen) atoms. The van der Waals surface area contributed by atoms with Crippen molar-refractivity contribution < 1.29 is 19.4 Å². The minimum Gasteiger partial charge on any atom is -0.453 e. The number of piperazine rings is 1. The quantitative estimate of drug-likeness (QED) is 0.728. The zero-order valence-corrected chi connectivity index (χ0v) is 15.3. The van der Waals surface area contributed by atoms with Crippen molar-refractivity contribution in [1.29, 1.82) is 0 Å². The molecule has 1 aliphatic rings. The number of aliphatic hydroxyl groups is 1. The molecule has 0 spiro atoms. The predicted octanol–water partition coefficient (Wildman–Crippen LogP) is 2.12. The normalized spacial score (nSPS) is 21.3. The average Bonchev–Trinajstić information content (AvgIpc) is 2.65. The number of amides is 1. The number of carbonyl (C=O) groups is 1. The van der Waals surface area contributed by atoms with Gasteiger partial charge in [-0.1, -0.05) is 43.7 Å². The minimum atomic E-state index is -0.359. The molecule has 1 aromatic carbocycles. The average molecular weight is 350 g/mol. The molecular formula is C19H30N2O4. The van der Waals surface area contributed by atoms with Gasteiger partial charge in [0, 0.05) is 26.2 Å². The van der Waals surface area contributed by atoms with Crippen LogP contribution in [-0.4, -0.2) is 73.1 Å². The largest absolute Gasteiger partial charge is 0.453 e. The van der Waals surface area contributed by atoms with E-state index in [0.717, 1.165) is 19.4 Å². The molecule has 1 heterocycles. The summed E-state index contributed by atoms with van der Waals surface area (Å²) in [6, 6.07) is 9.99. The number of unbranched alkanes of at least 4 members (excludes halogenated alkanes) is 1. The molecule has 1 fully saturated rings. The number of hydrogen-bond donors (Lipinski definition) is 1. The van der Waals surface area contributed by atoms with E-state index < -0.39 is 0 Å². The smallest absolute Gasteiger partial charge is 0.409 e. The van der Waals surface area contributed by atoms with Crippen LogP contribution in [0.5, 0.6) is 0 Å². The number of rotatable bonds is 8. The Morgan fingerprint density at radius 3 is 2.64 bits per heavy atom. The van der Waals surface area contributed by atoms with Crippen molar-refractivity contribution in [3.8, 4) is 0 Å². The molecule has 1 N–H and O–H groups in total. The maximum atomic E-state index is 12.1. The van der Waals surface area contributed by atoms with Crippen LogP contribution < -0.4 is 0 Å². The van der Waals surface area contributed by atoms with Gasteiger partial charge in [0.2, 0.25) is 0 Å². The van der Waals surface area contributed by atoms with Gasteiger partial charge >= 0.3 is 6.09 Å². The molecule has 1 saturated heterocycles. The first-order valence-corrected chi connectivity index (χ1v) is 9.00. The molecule has 2 atom stereocenters. The maximum absolute atomic E-state index is 12.1. The number of methoxy groups -OCH3 is 1. The first-order valence-electron chi connectivity index (χ1n) is 9.00. The van der Waals surface area contributed by atoms with Crippen LogP contribution in [0.2, 0.25) is 0 Å². The van der Waals surface area contributed by atoms with Gasteiger partial charge in [0.05, 0.1) is 32.4 Å². The van der Waals surface area contributed by atoms with E-state index in [1.807, 2.05) is 18.2 Å². The maximum Gasteiger partial charge on any atom is 0.409 e. The van der Waals surface area contributed by atoms with Crippen LogP contribution in [0, 0.1) is 0 Å². The van der Waals surface area contributed by atoms with E-state index >= 15 is 0 Å². The molecule has 0 aromatic heterocycles. The SMILES string of the molecule is CCCCOC[C@@H]1CN(Cc2ccccc2)[C@H](CO)CN1C(=O)OC. The number of aliphatic hydroxyl groups excluding tert-OH is 1. The van der Waals surface area contributed by atoms with Crippen LogP contribution in [0.25, 0.3) is 0 Å². The summed E-state index contributed by atoms with van der Waals surface area (Å²) in [7, 11) is 1.39. The lowest BCUT2D eigenvalue weighted by atomic mass is 10.1. The second-order valence-corrected chi connectivity index (χ2v) is 6.46. The van der Waals surface area contributed by atoms with Crippen LogP contribution in [0.1, 0.15) is 25.3 Å². The summed E-state index contributed by atoms with van der Waals surface area (Å²) in [5, 5.41) is 9.79. The fourth-order valence-corrected chi connectivity index (χ4v) is 3.14. The van der Waals surface area contributed by atoms with Gasteiger partial charge < -0.3 is 14.6 Å². The van der Waals surface area contributed by atoms with Crippen molar-refractivity contribution in [3.05, 3.63) is 35.9 Å². The Morgan fingerprint density at radius 1 is 1.24 bits per heavy atom. The molecule has 1 aliphatic heterocycles. The van der Waals surface area contributed by atoms with Crippen molar-refractivity contribution >= 4 is 6.09 Å². The Hall–Kier alpha value is -1.63. The van der Waals surface area contributed by atoms with Crippen LogP contribution in [0.3, 0.4) is 0 Å². The van der Waals surface area contributed by atoms with Gasteiger partial charge in [-0.2, -0.15) is 0 Å². The van der Waals surface area contributed by atoms with Crippen LogP contribution >= 0.6 is 0 Å². The van der Waals surface area contributed by atoms with Gasteiger partial charge in [-0.3, -0.25) is 9.80 Å².